The SMILES string of the molecule is CC(C)=C1OC2(CCN(CCc3scnc3C)CC2)CN(c2ccccc2)C1=O.Cl.F. The van der Waals surface area contributed by atoms with Crippen molar-refractivity contribution in [3.8, 4) is 0 Å². The molecule has 0 radical (unpaired) electrons. The lowest BCUT2D eigenvalue weighted by molar-refractivity contribution is -0.131. The number of benzene rings is 1. The fourth-order valence-electron chi connectivity index (χ4n) is 4.18. The number of piperidine rings is 1. The summed E-state index contributed by atoms with van der Waals surface area (Å²) in [5, 5.41) is 0. The lowest BCUT2D eigenvalue weighted by Gasteiger charge is -2.48. The van der Waals surface area contributed by atoms with Crippen LogP contribution in [0, 0.1) is 6.92 Å². The molecular weight excluding hydrogens is 437 g/mol. The molecule has 3 heterocycles. The van der Waals surface area contributed by atoms with Crippen molar-refractivity contribution in [2.75, 3.05) is 31.1 Å². The molecule has 2 aliphatic rings. The van der Waals surface area contributed by atoms with Crippen molar-refractivity contribution < 1.29 is 14.2 Å². The monoisotopic (exact) mass is 467 g/mol. The van der Waals surface area contributed by atoms with E-state index >= 15 is 0 Å². The minimum absolute atomic E-state index is 0. The van der Waals surface area contributed by atoms with Gasteiger partial charge in [0.1, 0.15) is 5.60 Å². The molecule has 1 spiro atoms. The maximum atomic E-state index is 13.1. The van der Waals surface area contributed by atoms with Gasteiger partial charge in [-0.1, -0.05) is 18.2 Å². The highest BCUT2D eigenvalue weighted by Crippen LogP contribution is 2.37. The molecule has 1 aromatic heterocycles. The number of thiazole rings is 1. The molecule has 5 nitrogen and oxygen atoms in total. The fraction of sp³-hybridized carbons (Fsp3) is 0.478. The van der Waals surface area contributed by atoms with Crippen LogP contribution in [-0.2, 0) is 16.0 Å². The third kappa shape index (κ3) is 5.45. The summed E-state index contributed by atoms with van der Waals surface area (Å²) >= 11 is 1.75. The zero-order valence-corrected chi connectivity index (χ0v) is 19.9. The van der Waals surface area contributed by atoms with Gasteiger partial charge in [0, 0.05) is 43.0 Å². The van der Waals surface area contributed by atoms with Crippen LogP contribution in [0.15, 0.2) is 47.2 Å². The number of para-hydroxylation sites is 1. The molecule has 8 heteroatoms. The number of nitrogens with zero attached hydrogens (tertiary/aromatic N) is 3. The second-order valence-electron chi connectivity index (χ2n) is 8.29. The predicted octanol–water partition coefficient (Wildman–Crippen LogP) is 4.76. The first-order valence-electron chi connectivity index (χ1n) is 10.3. The van der Waals surface area contributed by atoms with Gasteiger partial charge in [0.25, 0.3) is 5.91 Å². The van der Waals surface area contributed by atoms with Crippen molar-refractivity contribution >= 4 is 35.3 Å². The highest BCUT2D eigenvalue weighted by atomic mass is 35.5. The van der Waals surface area contributed by atoms with E-state index in [4.69, 9.17) is 4.74 Å². The van der Waals surface area contributed by atoms with E-state index < -0.39 is 0 Å². The van der Waals surface area contributed by atoms with Crippen LogP contribution in [0.5, 0.6) is 0 Å². The number of aryl methyl sites for hydroxylation is 1. The fourth-order valence-corrected chi connectivity index (χ4v) is 4.95. The lowest BCUT2D eigenvalue weighted by Crippen LogP contribution is -2.58. The van der Waals surface area contributed by atoms with Gasteiger partial charge in [0.2, 0.25) is 0 Å². The first kappa shape index (κ1) is 25.3. The standard InChI is InChI=1S/C23H29N3O2S.ClH.FH/c1-17(2)21-22(27)26(19-7-5-4-6-8-19)15-23(28-21)10-13-25(14-11-23)12-9-20-18(3)24-16-29-20;;/h4-8,16H,9-15H2,1-3H3;2*1H. The Balaban J connectivity index is 0.00000171. The van der Waals surface area contributed by atoms with Crippen molar-refractivity contribution in [2.24, 2.45) is 0 Å². The van der Waals surface area contributed by atoms with Crippen molar-refractivity contribution in [1.82, 2.24) is 9.88 Å². The number of aromatic nitrogens is 1. The number of carbonyl (C=O) groups excluding carboxylic acids is 1. The van der Waals surface area contributed by atoms with Crippen LogP contribution in [0.2, 0.25) is 0 Å². The Bertz CT molecular complexity index is 907. The normalized spacial score (nSPS) is 18.2. The van der Waals surface area contributed by atoms with E-state index in [0.717, 1.165) is 55.9 Å². The Morgan fingerprint density at radius 3 is 2.45 bits per heavy atom. The van der Waals surface area contributed by atoms with Crippen LogP contribution in [0.3, 0.4) is 0 Å². The average molecular weight is 468 g/mol. The number of hydrogen-bond acceptors (Lipinski definition) is 5. The zero-order chi connectivity index (χ0) is 20.4. The summed E-state index contributed by atoms with van der Waals surface area (Å²) < 4.78 is 6.41. The minimum atomic E-state index is -0.298. The van der Waals surface area contributed by atoms with Crippen molar-refractivity contribution in [3.63, 3.8) is 0 Å². The lowest BCUT2D eigenvalue weighted by atomic mass is 9.88. The third-order valence-corrected chi connectivity index (χ3v) is 6.99. The van der Waals surface area contributed by atoms with E-state index in [1.807, 2.05) is 54.6 Å². The van der Waals surface area contributed by atoms with E-state index in [9.17, 15) is 4.79 Å². The molecule has 2 saturated heterocycles. The first-order chi connectivity index (χ1) is 14.0. The number of anilines is 1. The van der Waals surface area contributed by atoms with Gasteiger partial charge in [-0.05, 0) is 44.9 Å². The van der Waals surface area contributed by atoms with Gasteiger partial charge in [-0.15, -0.1) is 23.7 Å². The molecule has 2 aliphatic heterocycles. The number of amides is 1. The maximum Gasteiger partial charge on any atom is 0.293 e. The van der Waals surface area contributed by atoms with Gasteiger partial charge >= 0.3 is 0 Å². The quantitative estimate of drug-likeness (QED) is 0.608. The smallest absolute Gasteiger partial charge is 0.293 e. The average Bonchev–Trinajstić information content (AvgIpc) is 3.14. The maximum absolute atomic E-state index is 13.1. The molecule has 0 atom stereocenters. The number of likely N-dealkylation sites (tertiary alicyclic amines) is 1. The Kier molecular flexibility index (Phi) is 8.63. The van der Waals surface area contributed by atoms with E-state index in [0.29, 0.717) is 12.3 Å². The molecule has 0 bridgehead atoms. The van der Waals surface area contributed by atoms with E-state index in [1.165, 1.54) is 4.88 Å². The van der Waals surface area contributed by atoms with Crippen molar-refractivity contribution in [3.05, 3.63) is 57.7 Å². The number of carbonyl (C=O) groups is 1. The third-order valence-electron chi connectivity index (χ3n) is 5.99. The molecule has 0 aliphatic carbocycles. The van der Waals surface area contributed by atoms with Crippen LogP contribution in [0.25, 0.3) is 0 Å². The topological polar surface area (TPSA) is 45.7 Å². The second kappa shape index (κ2) is 10.6. The van der Waals surface area contributed by atoms with Gasteiger partial charge in [0.05, 0.1) is 17.7 Å². The molecular formula is C23H31ClFN3O2S. The molecule has 0 unspecified atom stereocenters. The van der Waals surface area contributed by atoms with Crippen LogP contribution in [0.1, 0.15) is 37.3 Å². The summed E-state index contributed by atoms with van der Waals surface area (Å²) in [6, 6.07) is 9.96. The van der Waals surface area contributed by atoms with E-state index in [1.54, 1.807) is 11.3 Å². The van der Waals surface area contributed by atoms with Crippen LogP contribution >= 0.6 is 23.7 Å². The molecule has 4 rings (SSSR count). The van der Waals surface area contributed by atoms with E-state index in [-0.39, 0.29) is 28.6 Å². The molecule has 1 amide bonds. The molecule has 1 aromatic carbocycles. The van der Waals surface area contributed by atoms with E-state index in [2.05, 4.69) is 16.8 Å². The second-order valence-corrected chi connectivity index (χ2v) is 9.23. The number of morpholine rings is 1. The number of ether oxygens (including phenoxy) is 1. The number of halogens is 2. The Morgan fingerprint density at radius 2 is 1.87 bits per heavy atom. The highest BCUT2D eigenvalue weighted by Gasteiger charge is 2.45. The Hall–Kier alpha value is -1.96. The van der Waals surface area contributed by atoms with Gasteiger partial charge < -0.3 is 14.5 Å². The highest BCUT2D eigenvalue weighted by molar-refractivity contribution is 7.09. The molecule has 0 saturated carbocycles. The molecule has 31 heavy (non-hydrogen) atoms. The largest absolute Gasteiger partial charge is 0.480 e. The molecule has 170 valence electrons. The zero-order valence-electron chi connectivity index (χ0n) is 18.3. The van der Waals surface area contributed by atoms with Gasteiger partial charge in [-0.2, -0.15) is 0 Å². The van der Waals surface area contributed by atoms with Gasteiger partial charge in [0.15, 0.2) is 5.76 Å². The summed E-state index contributed by atoms with van der Waals surface area (Å²) in [4.78, 5) is 23.2. The molecule has 2 fully saturated rings. The Labute approximate surface area is 193 Å². The van der Waals surface area contributed by atoms with Crippen LogP contribution < -0.4 is 4.90 Å². The molecule has 2 aromatic rings. The van der Waals surface area contributed by atoms with Gasteiger partial charge in [-0.25, -0.2) is 4.98 Å². The number of allylic oxidation sites excluding steroid dienone is 1. The van der Waals surface area contributed by atoms with Crippen LogP contribution in [-0.4, -0.2) is 47.6 Å². The first-order valence-corrected chi connectivity index (χ1v) is 11.2. The van der Waals surface area contributed by atoms with Gasteiger partial charge in [-0.3, -0.25) is 9.50 Å². The predicted molar refractivity (Wildman–Crippen MR) is 127 cm³/mol. The summed E-state index contributed by atoms with van der Waals surface area (Å²) in [5.74, 6) is 0.499. The number of hydrogen-bond donors (Lipinski definition) is 0. The molecule has 0 N–H and O–H groups in total. The summed E-state index contributed by atoms with van der Waals surface area (Å²) in [7, 11) is 0. The Morgan fingerprint density at radius 1 is 1.19 bits per heavy atom. The summed E-state index contributed by atoms with van der Waals surface area (Å²) in [6.07, 6.45) is 2.92. The number of rotatable bonds is 4. The van der Waals surface area contributed by atoms with Crippen LogP contribution in [0.4, 0.5) is 10.4 Å². The van der Waals surface area contributed by atoms with Crippen molar-refractivity contribution in [2.45, 2.75) is 45.6 Å². The van der Waals surface area contributed by atoms with Crippen molar-refractivity contribution in [1.29, 1.82) is 0 Å². The summed E-state index contributed by atoms with van der Waals surface area (Å²) in [6.45, 7) is 9.66. The summed E-state index contributed by atoms with van der Waals surface area (Å²) in [5.41, 5.74) is 4.68. The minimum Gasteiger partial charge on any atom is -0.480 e.